The molecule has 0 radical (unpaired) electrons. The summed E-state index contributed by atoms with van der Waals surface area (Å²) in [6, 6.07) is 7.75. The number of hydrogen-bond donors (Lipinski definition) is 2. The van der Waals surface area contributed by atoms with E-state index in [0.717, 1.165) is 40.1 Å². The van der Waals surface area contributed by atoms with Crippen LogP contribution in [-0.2, 0) is 16.6 Å². The summed E-state index contributed by atoms with van der Waals surface area (Å²) in [7, 11) is 0. The highest BCUT2D eigenvalue weighted by molar-refractivity contribution is 7.99. The van der Waals surface area contributed by atoms with E-state index in [1.165, 1.54) is 11.8 Å². The van der Waals surface area contributed by atoms with Gasteiger partial charge in [0.2, 0.25) is 11.9 Å². The lowest BCUT2D eigenvalue weighted by molar-refractivity contribution is -0.117. The van der Waals surface area contributed by atoms with Crippen LogP contribution in [-0.4, -0.2) is 25.8 Å². The summed E-state index contributed by atoms with van der Waals surface area (Å²) < 4.78 is 0. The van der Waals surface area contributed by atoms with Crippen LogP contribution in [0.15, 0.2) is 39.7 Å². The third-order valence-electron chi connectivity index (χ3n) is 4.75. The Morgan fingerprint density at radius 1 is 1.13 bits per heavy atom. The van der Waals surface area contributed by atoms with Crippen molar-refractivity contribution in [2.24, 2.45) is 5.92 Å². The summed E-state index contributed by atoms with van der Waals surface area (Å²) in [5.41, 5.74) is 1.84. The minimum Gasteiger partial charge on any atom is -0.326 e. The van der Waals surface area contributed by atoms with Gasteiger partial charge in [0.15, 0.2) is 10.3 Å². The molecule has 1 aliphatic rings. The molecule has 1 aliphatic carbocycles. The summed E-state index contributed by atoms with van der Waals surface area (Å²) in [5.74, 6) is 1.52. The van der Waals surface area contributed by atoms with Crippen molar-refractivity contribution in [2.45, 2.75) is 62.4 Å². The smallest absolute Gasteiger partial charge is 0.233 e. The number of carbonyl (C=O) groups excluding carboxylic acids is 1. The third kappa shape index (κ3) is 5.80. The average Bonchev–Trinajstić information content (AvgIpc) is 3.47. The highest BCUT2D eigenvalue weighted by Crippen LogP contribution is 2.32. The van der Waals surface area contributed by atoms with Gasteiger partial charge in [0.1, 0.15) is 5.82 Å². The molecular formula is C22H26N6OS2. The Morgan fingerprint density at radius 2 is 1.87 bits per heavy atom. The summed E-state index contributed by atoms with van der Waals surface area (Å²) in [5, 5.41) is 9.64. The van der Waals surface area contributed by atoms with Gasteiger partial charge in [-0.25, -0.2) is 9.97 Å². The molecule has 0 atom stereocenters. The van der Waals surface area contributed by atoms with Crippen molar-refractivity contribution >= 4 is 45.8 Å². The lowest BCUT2D eigenvalue weighted by atomic mass is 9.93. The van der Waals surface area contributed by atoms with Gasteiger partial charge in [0, 0.05) is 33.7 Å². The minimum absolute atomic E-state index is 0.00455. The zero-order chi connectivity index (χ0) is 22.0. The van der Waals surface area contributed by atoms with Crippen LogP contribution in [0.5, 0.6) is 0 Å². The van der Waals surface area contributed by atoms with Gasteiger partial charge in [-0.15, -0.1) is 11.3 Å². The lowest BCUT2D eigenvalue weighted by Crippen LogP contribution is -2.12. The van der Waals surface area contributed by atoms with Crippen LogP contribution >= 0.6 is 23.1 Å². The highest BCUT2D eigenvalue weighted by Gasteiger charge is 2.29. The van der Waals surface area contributed by atoms with Crippen molar-refractivity contribution in [3.63, 3.8) is 0 Å². The first-order valence-corrected chi connectivity index (χ1v) is 12.1. The van der Waals surface area contributed by atoms with Crippen molar-refractivity contribution in [2.75, 3.05) is 10.6 Å². The normalized spacial score (nSPS) is 13.8. The molecule has 2 aromatic heterocycles. The molecule has 7 nitrogen and oxygen atoms in total. The van der Waals surface area contributed by atoms with Crippen molar-refractivity contribution in [3.8, 4) is 0 Å². The van der Waals surface area contributed by atoms with Gasteiger partial charge in [-0.2, -0.15) is 9.97 Å². The molecule has 1 aromatic carbocycles. The Hall–Kier alpha value is -2.52. The molecule has 1 saturated carbocycles. The van der Waals surface area contributed by atoms with Gasteiger partial charge in [-0.05, 0) is 48.9 Å². The lowest BCUT2D eigenvalue weighted by Gasteiger charge is -2.14. The number of thiazole rings is 1. The maximum atomic E-state index is 11.9. The predicted molar refractivity (Wildman–Crippen MR) is 125 cm³/mol. The molecule has 0 saturated heterocycles. The van der Waals surface area contributed by atoms with E-state index < -0.39 is 0 Å². The molecule has 1 fully saturated rings. The van der Waals surface area contributed by atoms with Crippen LogP contribution in [0.4, 0.5) is 16.8 Å². The molecule has 4 rings (SSSR count). The molecule has 2 N–H and O–H groups in total. The first-order chi connectivity index (χ1) is 14.8. The second-order valence-electron chi connectivity index (χ2n) is 8.51. The molecule has 1 amide bonds. The molecule has 0 bridgehead atoms. The largest absolute Gasteiger partial charge is 0.326 e. The third-order valence-corrected chi connectivity index (χ3v) is 6.38. The second kappa shape index (κ2) is 8.92. The van der Waals surface area contributed by atoms with Crippen molar-refractivity contribution in [3.05, 3.63) is 41.2 Å². The van der Waals surface area contributed by atoms with Gasteiger partial charge in [-0.3, -0.25) is 10.1 Å². The van der Waals surface area contributed by atoms with Crippen LogP contribution in [0.3, 0.4) is 0 Å². The van der Waals surface area contributed by atoms with E-state index in [1.807, 2.05) is 31.2 Å². The number of amides is 1. The van der Waals surface area contributed by atoms with Crippen LogP contribution in [0.1, 0.15) is 52.1 Å². The highest BCUT2D eigenvalue weighted by atomic mass is 32.2. The maximum absolute atomic E-state index is 11.9. The number of aryl methyl sites for hydroxylation is 1. The molecule has 0 spiro atoms. The maximum Gasteiger partial charge on any atom is 0.233 e. The van der Waals surface area contributed by atoms with E-state index in [9.17, 15) is 4.79 Å². The number of benzene rings is 1. The molecule has 0 unspecified atom stereocenters. The van der Waals surface area contributed by atoms with Crippen molar-refractivity contribution in [1.82, 2.24) is 19.9 Å². The number of nitrogens with one attached hydrogen (secondary N) is 2. The van der Waals surface area contributed by atoms with E-state index in [4.69, 9.17) is 0 Å². The fraction of sp³-hybridized carbons (Fsp3) is 0.409. The summed E-state index contributed by atoms with van der Waals surface area (Å²) >= 11 is 3.01. The Labute approximate surface area is 190 Å². The van der Waals surface area contributed by atoms with Crippen molar-refractivity contribution in [1.29, 1.82) is 0 Å². The van der Waals surface area contributed by atoms with Gasteiger partial charge in [0.05, 0.1) is 5.69 Å². The number of carbonyl (C=O) groups is 1. The number of aromatic nitrogens is 4. The van der Waals surface area contributed by atoms with E-state index in [2.05, 4.69) is 56.7 Å². The molecule has 162 valence electrons. The number of rotatable bonds is 7. The molecule has 9 heteroatoms. The quantitative estimate of drug-likeness (QED) is 0.491. The Balaban J connectivity index is 1.47. The Morgan fingerprint density at radius 3 is 2.48 bits per heavy atom. The molecule has 31 heavy (non-hydrogen) atoms. The Kier molecular flexibility index (Phi) is 6.24. The Bertz CT molecular complexity index is 1070. The van der Waals surface area contributed by atoms with Crippen LogP contribution in [0.2, 0.25) is 0 Å². The molecular weight excluding hydrogens is 428 g/mol. The van der Waals surface area contributed by atoms with E-state index in [1.54, 1.807) is 11.3 Å². The summed E-state index contributed by atoms with van der Waals surface area (Å²) in [6.45, 7) is 8.44. The fourth-order valence-electron chi connectivity index (χ4n) is 2.73. The summed E-state index contributed by atoms with van der Waals surface area (Å²) in [4.78, 5) is 31.2. The van der Waals surface area contributed by atoms with E-state index >= 15 is 0 Å². The van der Waals surface area contributed by atoms with Gasteiger partial charge in [-0.1, -0.05) is 27.7 Å². The SMILES string of the molecule is CCc1nc(Nc2nc(C(C)(C)C)cs2)nc(Sc2ccc(NC(=O)C3CC3)cc2)n1. The number of anilines is 3. The van der Waals surface area contributed by atoms with Crippen LogP contribution in [0.25, 0.3) is 0 Å². The zero-order valence-electron chi connectivity index (χ0n) is 18.1. The number of hydrogen-bond acceptors (Lipinski definition) is 8. The number of nitrogens with zero attached hydrogens (tertiary/aromatic N) is 4. The molecule has 0 aliphatic heterocycles. The average molecular weight is 455 g/mol. The standard InChI is InChI=1S/C22H26N6OS2/c1-5-17-25-19(27-20-24-16(12-30-20)22(2,3)4)28-21(26-17)31-15-10-8-14(9-11-15)23-18(29)13-6-7-13/h8-13H,5-7H2,1-4H3,(H,23,29)(H,24,25,26,27,28). The molecule has 2 heterocycles. The monoisotopic (exact) mass is 454 g/mol. The van der Waals surface area contributed by atoms with Crippen molar-refractivity contribution < 1.29 is 4.79 Å². The zero-order valence-corrected chi connectivity index (χ0v) is 19.7. The molecule has 3 aromatic rings. The van der Waals surface area contributed by atoms with Gasteiger partial charge >= 0.3 is 0 Å². The van der Waals surface area contributed by atoms with E-state index in [-0.39, 0.29) is 17.2 Å². The van der Waals surface area contributed by atoms with Gasteiger partial charge < -0.3 is 5.32 Å². The first kappa shape index (κ1) is 21.7. The van der Waals surface area contributed by atoms with Gasteiger partial charge in [0.25, 0.3) is 0 Å². The topological polar surface area (TPSA) is 92.7 Å². The fourth-order valence-corrected chi connectivity index (χ4v) is 4.43. The minimum atomic E-state index is -0.00455. The summed E-state index contributed by atoms with van der Waals surface area (Å²) in [6.07, 6.45) is 2.70. The first-order valence-electron chi connectivity index (χ1n) is 10.4. The van der Waals surface area contributed by atoms with Crippen LogP contribution in [0, 0.1) is 5.92 Å². The second-order valence-corrected chi connectivity index (χ2v) is 10.4. The van der Waals surface area contributed by atoms with E-state index in [0.29, 0.717) is 17.5 Å². The predicted octanol–water partition coefficient (Wildman–Crippen LogP) is 5.43. The van der Waals surface area contributed by atoms with Crippen LogP contribution < -0.4 is 10.6 Å².